The average molecular weight is 431 g/mol. The molecule has 26 heavy (non-hydrogen) atoms. The molecule has 0 radical (unpaired) electrons. The van der Waals surface area contributed by atoms with E-state index in [-0.39, 0.29) is 11.7 Å². The summed E-state index contributed by atoms with van der Waals surface area (Å²) in [5.74, 6) is 0.897. The molecule has 1 amide bonds. The Morgan fingerprint density at radius 1 is 1.19 bits per heavy atom. The molecule has 134 valence electrons. The van der Waals surface area contributed by atoms with E-state index < -0.39 is 0 Å². The van der Waals surface area contributed by atoms with Gasteiger partial charge in [0.25, 0.3) is 0 Å². The Morgan fingerprint density at radius 3 is 2.65 bits per heavy atom. The van der Waals surface area contributed by atoms with Crippen molar-refractivity contribution in [3.05, 3.63) is 58.6 Å². The molecule has 5 nitrogen and oxygen atoms in total. The number of aryl methyl sites for hydroxylation is 2. The molecule has 0 fully saturated rings. The zero-order valence-corrected chi connectivity index (χ0v) is 17.0. The van der Waals surface area contributed by atoms with Gasteiger partial charge in [-0.3, -0.25) is 4.79 Å². The van der Waals surface area contributed by atoms with Crippen molar-refractivity contribution in [1.29, 1.82) is 0 Å². The first kappa shape index (κ1) is 18.7. The predicted molar refractivity (Wildman–Crippen MR) is 109 cm³/mol. The molecule has 0 atom stereocenters. The summed E-state index contributed by atoms with van der Waals surface area (Å²) >= 11 is 4.75. The van der Waals surface area contributed by atoms with E-state index in [9.17, 15) is 4.79 Å². The number of thioether (sulfide) groups is 1. The Labute approximate surface area is 165 Å². The van der Waals surface area contributed by atoms with Crippen LogP contribution >= 0.6 is 27.7 Å². The maximum Gasteiger partial charge on any atom is 0.234 e. The molecule has 1 aromatic heterocycles. The minimum atomic E-state index is -0.0733. The van der Waals surface area contributed by atoms with Crippen molar-refractivity contribution in [2.75, 3.05) is 11.1 Å². The smallest absolute Gasteiger partial charge is 0.234 e. The molecule has 1 N–H and O–H groups in total. The zero-order valence-electron chi connectivity index (χ0n) is 14.6. The largest absolute Gasteiger partial charge is 0.325 e. The molecule has 0 aliphatic heterocycles. The second-order valence-electron chi connectivity index (χ2n) is 5.70. The standard InChI is InChI=1S/C19H19BrN4OS/c1-3-13-6-4-5-7-16(13)18-22-19(24(2)23-18)26-12-17(25)21-15-10-8-14(20)9-11-15/h4-11H,3,12H2,1-2H3,(H,21,25). The number of benzene rings is 2. The van der Waals surface area contributed by atoms with Gasteiger partial charge in [-0.1, -0.05) is 58.9 Å². The van der Waals surface area contributed by atoms with Gasteiger partial charge in [-0.15, -0.1) is 0 Å². The molecule has 1 heterocycles. The summed E-state index contributed by atoms with van der Waals surface area (Å²) in [6.45, 7) is 2.11. The third kappa shape index (κ3) is 4.53. The first-order chi connectivity index (χ1) is 12.6. The van der Waals surface area contributed by atoms with Crippen LogP contribution in [0, 0.1) is 0 Å². The normalized spacial score (nSPS) is 10.7. The topological polar surface area (TPSA) is 59.8 Å². The second-order valence-corrected chi connectivity index (χ2v) is 7.55. The van der Waals surface area contributed by atoms with Gasteiger partial charge in [0, 0.05) is 22.8 Å². The lowest BCUT2D eigenvalue weighted by Gasteiger charge is -2.04. The summed E-state index contributed by atoms with van der Waals surface area (Å²) < 4.78 is 2.70. The van der Waals surface area contributed by atoms with Crippen LogP contribution in [-0.4, -0.2) is 26.4 Å². The van der Waals surface area contributed by atoms with Gasteiger partial charge in [-0.05, 0) is 36.2 Å². The van der Waals surface area contributed by atoms with E-state index in [4.69, 9.17) is 0 Å². The lowest BCUT2D eigenvalue weighted by atomic mass is 10.1. The molecule has 0 aliphatic rings. The summed E-state index contributed by atoms with van der Waals surface area (Å²) in [4.78, 5) is 16.8. The van der Waals surface area contributed by atoms with Crippen LogP contribution in [0.2, 0.25) is 0 Å². The van der Waals surface area contributed by atoms with Gasteiger partial charge < -0.3 is 5.32 Å². The quantitative estimate of drug-likeness (QED) is 0.583. The first-order valence-corrected chi connectivity index (χ1v) is 10.0. The Kier molecular flexibility index (Phi) is 6.11. The molecule has 2 aromatic carbocycles. The minimum absolute atomic E-state index is 0.0733. The van der Waals surface area contributed by atoms with Crippen molar-refractivity contribution in [2.24, 2.45) is 7.05 Å². The number of nitrogens with one attached hydrogen (secondary N) is 1. The number of halogens is 1. The molecule has 3 aromatic rings. The average Bonchev–Trinajstić information content (AvgIpc) is 3.02. The van der Waals surface area contributed by atoms with Crippen LogP contribution in [0.4, 0.5) is 5.69 Å². The Balaban J connectivity index is 1.66. The summed E-state index contributed by atoms with van der Waals surface area (Å²) in [6, 6.07) is 15.6. The molecule has 3 rings (SSSR count). The van der Waals surface area contributed by atoms with Crippen molar-refractivity contribution >= 4 is 39.3 Å². The van der Waals surface area contributed by atoms with E-state index in [0.29, 0.717) is 5.82 Å². The predicted octanol–water partition coefficient (Wildman–Crippen LogP) is 4.54. The van der Waals surface area contributed by atoms with Crippen molar-refractivity contribution < 1.29 is 4.79 Å². The van der Waals surface area contributed by atoms with Crippen LogP contribution in [0.1, 0.15) is 12.5 Å². The van der Waals surface area contributed by atoms with Crippen LogP contribution in [-0.2, 0) is 18.3 Å². The number of rotatable bonds is 6. The Morgan fingerprint density at radius 2 is 1.92 bits per heavy atom. The molecule has 0 bridgehead atoms. The molecular weight excluding hydrogens is 412 g/mol. The highest BCUT2D eigenvalue weighted by Gasteiger charge is 2.13. The SMILES string of the molecule is CCc1ccccc1-c1nc(SCC(=O)Nc2ccc(Br)cc2)n(C)n1. The van der Waals surface area contributed by atoms with E-state index in [2.05, 4.69) is 44.3 Å². The van der Waals surface area contributed by atoms with E-state index in [1.54, 1.807) is 4.68 Å². The third-order valence-electron chi connectivity index (χ3n) is 3.82. The number of carbonyl (C=O) groups is 1. The van der Waals surface area contributed by atoms with Crippen LogP contribution < -0.4 is 5.32 Å². The van der Waals surface area contributed by atoms with E-state index in [0.717, 1.165) is 27.3 Å². The number of anilines is 1. The fraction of sp³-hybridized carbons (Fsp3) is 0.211. The molecule has 0 unspecified atom stereocenters. The van der Waals surface area contributed by atoms with Crippen molar-refractivity contribution in [3.63, 3.8) is 0 Å². The number of aromatic nitrogens is 3. The highest BCUT2D eigenvalue weighted by Crippen LogP contribution is 2.24. The Bertz CT molecular complexity index is 908. The zero-order chi connectivity index (χ0) is 18.5. The van der Waals surface area contributed by atoms with E-state index in [1.807, 2.05) is 49.5 Å². The second kappa shape index (κ2) is 8.51. The summed E-state index contributed by atoms with van der Waals surface area (Å²) in [7, 11) is 1.85. The number of nitrogens with zero attached hydrogens (tertiary/aromatic N) is 3. The maximum atomic E-state index is 12.2. The highest BCUT2D eigenvalue weighted by molar-refractivity contribution is 9.10. The maximum absolute atomic E-state index is 12.2. The molecule has 7 heteroatoms. The van der Waals surface area contributed by atoms with Gasteiger partial charge in [0.2, 0.25) is 5.91 Å². The van der Waals surface area contributed by atoms with Crippen LogP contribution in [0.3, 0.4) is 0 Å². The van der Waals surface area contributed by atoms with Crippen LogP contribution in [0.5, 0.6) is 0 Å². The van der Waals surface area contributed by atoms with E-state index >= 15 is 0 Å². The van der Waals surface area contributed by atoms with Crippen LogP contribution in [0.15, 0.2) is 58.2 Å². The summed E-state index contributed by atoms with van der Waals surface area (Å²) in [5, 5.41) is 8.11. The monoisotopic (exact) mass is 430 g/mol. The van der Waals surface area contributed by atoms with Gasteiger partial charge in [-0.2, -0.15) is 5.10 Å². The fourth-order valence-electron chi connectivity index (χ4n) is 2.52. The van der Waals surface area contributed by atoms with E-state index in [1.165, 1.54) is 17.3 Å². The number of hydrogen-bond acceptors (Lipinski definition) is 4. The molecule has 0 aliphatic carbocycles. The lowest BCUT2D eigenvalue weighted by Crippen LogP contribution is -2.14. The minimum Gasteiger partial charge on any atom is -0.325 e. The lowest BCUT2D eigenvalue weighted by molar-refractivity contribution is -0.113. The summed E-state index contributed by atoms with van der Waals surface area (Å²) in [6.07, 6.45) is 0.923. The van der Waals surface area contributed by atoms with Crippen LogP contribution in [0.25, 0.3) is 11.4 Å². The van der Waals surface area contributed by atoms with Gasteiger partial charge in [0.1, 0.15) is 0 Å². The van der Waals surface area contributed by atoms with Crippen molar-refractivity contribution in [3.8, 4) is 11.4 Å². The number of carbonyl (C=O) groups excluding carboxylic acids is 1. The van der Waals surface area contributed by atoms with Gasteiger partial charge in [0.05, 0.1) is 5.75 Å². The summed E-state index contributed by atoms with van der Waals surface area (Å²) in [5.41, 5.74) is 3.02. The molecule has 0 saturated heterocycles. The molecule has 0 spiro atoms. The number of amides is 1. The van der Waals surface area contributed by atoms with Gasteiger partial charge in [-0.25, -0.2) is 9.67 Å². The van der Waals surface area contributed by atoms with Gasteiger partial charge in [0.15, 0.2) is 11.0 Å². The third-order valence-corrected chi connectivity index (χ3v) is 5.37. The number of hydrogen-bond donors (Lipinski definition) is 1. The molecular formula is C19H19BrN4OS. The van der Waals surface area contributed by atoms with Crippen molar-refractivity contribution in [1.82, 2.24) is 14.8 Å². The Hall–Kier alpha value is -2.12. The first-order valence-electron chi connectivity index (χ1n) is 8.24. The fourth-order valence-corrected chi connectivity index (χ4v) is 3.49. The highest BCUT2D eigenvalue weighted by atomic mass is 79.9. The van der Waals surface area contributed by atoms with Crippen molar-refractivity contribution in [2.45, 2.75) is 18.5 Å². The molecule has 0 saturated carbocycles. The van der Waals surface area contributed by atoms with Gasteiger partial charge >= 0.3 is 0 Å².